The highest BCUT2D eigenvalue weighted by atomic mass is 16.6. The Morgan fingerprint density at radius 2 is 1.04 bits per heavy atom. The van der Waals surface area contributed by atoms with Crippen LogP contribution in [0, 0.1) is 42.9 Å². The molecule has 0 radical (unpaired) electrons. The monoisotopic (exact) mass is 326 g/mol. The van der Waals surface area contributed by atoms with Crippen LogP contribution in [0.2, 0.25) is 0 Å². The van der Waals surface area contributed by atoms with Crippen LogP contribution in [-0.2, 0) is 9.59 Å². The van der Waals surface area contributed by atoms with Gasteiger partial charge in [0.1, 0.15) is 23.3 Å². The second kappa shape index (κ2) is 7.72. The third kappa shape index (κ3) is 4.41. The molecule has 0 amide bonds. The molecule has 2 rings (SSSR count). The summed E-state index contributed by atoms with van der Waals surface area (Å²) < 4.78 is 0. The summed E-state index contributed by atoms with van der Waals surface area (Å²) in [6.45, 7) is 0. The smallest absolute Gasteiger partial charge is 0.269 e. The third-order valence-corrected chi connectivity index (χ3v) is 2.59. The van der Waals surface area contributed by atoms with Gasteiger partial charge in [-0.05, 0) is 0 Å². The molecule has 0 N–H and O–H groups in total. The lowest BCUT2D eigenvalue weighted by atomic mass is 9.99. The van der Waals surface area contributed by atoms with Crippen LogP contribution in [0.5, 0.6) is 0 Å². The van der Waals surface area contributed by atoms with E-state index in [-0.39, 0.29) is 22.5 Å². The molecule has 0 unspecified atom stereocenters. The highest BCUT2D eigenvalue weighted by molar-refractivity contribution is 6.23. The van der Waals surface area contributed by atoms with Crippen LogP contribution < -0.4 is 0 Å². The summed E-state index contributed by atoms with van der Waals surface area (Å²) in [7, 11) is 0. The van der Waals surface area contributed by atoms with E-state index in [4.69, 9.17) is 10.5 Å². The first kappa shape index (κ1) is 17.9. The van der Waals surface area contributed by atoms with Crippen molar-refractivity contribution in [2.24, 2.45) is 0 Å². The number of allylic oxidation sites excluding steroid dienone is 4. The van der Waals surface area contributed by atoms with E-state index in [1.807, 2.05) is 0 Å². The Labute approximate surface area is 133 Å². The summed E-state index contributed by atoms with van der Waals surface area (Å²) in [5.41, 5.74) is -0.751. The van der Waals surface area contributed by atoms with E-state index in [0.717, 1.165) is 36.4 Å². The van der Waals surface area contributed by atoms with Gasteiger partial charge in [-0.15, -0.1) is 0 Å². The fourth-order valence-corrected chi connectivity index (χ4v) is 1.43. The van der Waals surface area contributed by atoms with Gasteiger partial charge < -0.3 is 0 Å². The number of benzene rings is 1. The molecule has 10 heteroatoms. The Hall–Kier alpha value is -4.18. The van der Waals surface area contributed by atoms with Crippen molar-refractivity contribution in [1.82, 2.24) is 0 Å². The zero-order chi connectivity index (χ0) is 18.3. The first-order valence-corrected chi connectivity index (χ1v) is 6.01. The molecule has 0 bridgehead atoms. The normalized spacial score (nSPS) is 12.6. The van der Waals surface area contributed by atoms with Gasteiger partial charge in [0.25, 0.3) is 11.4 Å². The van der Waals surface area contributed by atoms with Crippen LogP contribution in [0.3, 0.4) is 0 Å². The van der Waals surface area contributed by atoms with Crippen molar-refractivity contribution in [3.8, 4) is 12.1 Å². The number of nitrogens with zero attached hydrogens (tertiary/aromatic N) is 4. The molecule has 24 heavy (non-hydrogen) atoms. The number of nitriles is 2. The second-order valence-corrected chi connectivity index (χ2v) is 4.10. The van der Waals surface area contributed by atoms with E-state index in [0.29, 0.717) is 0 Å². The number of non-ortho nitro benzene ring substituents is 2. The molecule has 0 aliphatic heterocycles. The number of carbonyl (C=O) groups excluding carboxylic acids is 2. The van der Waals surface area contributed by atoms with E-state index in [1.165, 1.54) is 0 Å². The van der Waals surface area contributed by atoms with Gasteiger partial charge in [0.15, 0.2) is 11.6 Å². The molecule has 1 aromatic rings. The van der Waals surface area contributed by atoms with Crippen LogP contribution in [0.1, 0.15) is 0 Å². The van der Waals surface area contributed by atoms with E-state index in [9.17, 15) is 29.8 Å². The predicted molar refractivity (Wildman–Crippen MR) is 77.2 cm³/mol. The molecule has 1 aliphatic rings. The van der Waals surface area contributed by atoms with Gasteiger partial charge in [0.2, 0.25) is 0 Å². The Morgan fingerprint density at radius 1 is 0.750 bits per heavy atom. The number of carbonyl (C=O) groups is 2. The number of nitro groups is 2. The van der Waals surface area contributed by atoms with E-state index in [1.54, 1.807) is 12.1 Å². The summed E-state index contributed by atoms with van der Waals surface area (Å²) in [4.78, 5) is 40.8. The Bertz CT molecular complexity index is 795. The minimum atomic E-state index is -0.607. The fourth-order valence-electron chi connectivity index (χ4n) is 1.43. The van der Waals surface area contributed by atoms with Crippen molar-refractivity contribution in [2.45, 2.75) is 0 Å². The predicted octanol–water partition coefficient (Wildman–Crippen LogP) is 1.54. The highest BCUT2D eigenvalue weighted by Crippen LogP contribution is 2.16. The molecular formula is C14H6N4O6. The van der Waals surface area contributed by atoms with Crippen molar-refractivity contribution in [2.75, 3.05) is 0 Å². The number of hydrogen-bond acceptors (Lipinski definition) is 8. The van der Waals surface area contributed by atoms with Crippen molar-refractivity contribution in [3.05, 3.63) is 67.8 Å². The van der Waals surface area contributed by atoms with Crippen molar-refractivity contribution in [1.29, 1.82) is 10.5 Å². The standard InChI is InChI=1S/C8H2N2O2.C6H4N2O4/c9-3-5-1-7(11)6(4-10)2-8(5)12;9-7(10)5-1-2-6(4-3-5)8(11)12/h1-2H;1-4H. The zero-order valence-corrected chi connectivity index (χ0v) is 11.7. The molecule has 0 atom stereocenters. The molecule has 0 saturated carbocycles. The summed E-state index contributed by atoms with van der Waals surface area (Å²) >= 11 is 0. The van der Waals surface area contributed by atoms with Crippen LogP contribution in [-0.4, -0.2) is 21.4 Å². The van der Waals surface area contributed by atoms with Crippen molar-refractivity contribution in [3.63, 3.8) is 0 Å². The van der Waals surface area contributed by atoms with Gasteiger partial charge in [0.05, 0.1) is 9.85 Å². The Morgan fingerprint density at radius 3 is 1.25 bits per heavy atom. The summed E-state index contributed by atoms with van der Waals surface area (Å²) in [6.07, 6.45) is 1.75. The van der Waals surface area contributed by atoms with E-state index in [2.05, 4.69) is 0 Å². The highest BCUT2D eigenvalue weighted by Gasteiger charge is 2.19. The lowest BCUT2D eigenvalue weighted by Crippen LogP contribution is -2.10. The average Bonchev–Trinajstić information content (AvgIpc) is 2.57. The molecule has 118 valence electrons. The SMILES string of the molecule is N#CC1=CC(=O)C(C#N)=CC1=O.O=[N+]([O-])c1ccc([N+](=O)[O-])cc1. The fraction of sp³-hybridized carbons (Fsp3) is 0. The van der Waals surface area contributed by atoms with Crippen molar-refractivity contribution < 1.29 is 19.4 Å². The topological polar surface area (TPSA) is 168 Å². The molecule has 1 aliphatic carbocycles. The number of rotatable bonds is 2. The first-order valence-electron chi connectivity index (χ1n) is 6.01. The van der Waals surface area contributed by atoms with Gasteiger partial charge in [-0.2, -0.15) is 10.5 Å². The average molecular weight is 326 g/mol. The Balaban J connectivity index is 0.000000240. The van der Waals surface area contributed by atoms with Gasteiger partial charge in [0, 0.05) is 36.4 Å². The minimum absolute atomic E-state index is 0.152. The molecule has 0 fully saturated rings. The first-order chi connectivity index (χ1) is 11.3. The van der Waals surface area contributed by atoms with Gasteiger partial charge in [-0.25, -0.2) is 0 Å². The van der Waals surface area contributed by atoms with Crippen LogP contribution in [0.15, 0.2) is 47.6 Å². The number of nitro benzene ring substituents is 2. The molecule has 1 aromatic carbocycles. The quantitative estimate of drug-likeness (QED) is 0.447. The third-order valence-electron chi connectivity index (χ3n) is 2.59. The zero-order valence-electron chi connectivity index (χ0n) is 11.7. The van der Waals surface area contributed by atoms with Gasteiger partial charge in [-0.3, -0.25) is 29.8 Å². The molecular weight excluding hydrogens is 320 g/mol. The maximum Gasteiger partial charge on any atom is 0.269 e. The largest absolute Gasteiger partial charge is 0.288 e. The molecule has 0 spiro atoms. The van der Waals surface area contributed by atoms with Gasteiger partial charge >= 0.3 is 0 Å². The molecule has 0 heterocycles. The molecule has 0 aromatic heterocycles. The maximum atomic E-state index is 10.9. The van der Waals surface area contributed by atoms with Gasteiger partial charge in [-0.1, -0.05) is 0 Å². The summed E-state index contributed by atoms with van der Waals surface area (Å²) in [5.74, 6) is -1.18. The lowest BCUT2D eigenvalue weighted by Gasteiger charge is -1.99. The minimum Gasteiger partial charge on any atom is -0.288 e. The van der Waals surface area contributed by atoms with E-state index < -0.39 is 21.4 Å². The van der Waals surface area contributed by atoms with Crippen LogP contribution in [0.25, 0.3) is 0 Å². The van der Waals surface area contributed by atoms with Crippen LogP contribution in [0.4, 0.5) is 11.4 Å². The second-order valence-electron chi connectivity index (χ2n) is 4.10. The Kier molecular flexibility index (Phi) is 5.75. The maximum absolute atomic E-state index is 10.9. The summed E-state index contributed by atoms with van der Waals surface area (Å²) in [6, 6.07) is 7.51. The molecule has 10 nitrogen and oxygen atoms in total. The number of hydrogen-bond donors (Lipinski definition) is 0. The van der Waals surface area contributed by atoms with E-state index >= 15 is 0 Å². The lowest BCUT2D eigenvalue weighted by molar-refractivity contribution is -0.389. The van der Waals surface area contributed by atoms with Crippen molar-refractivity contribution >= 4 is 22.9 Å². The molecule has 0 saturated heterocycles. The number of ketones is 2. The summed E-state index contributed by atoms with van der Waals surface area (Å²) in [5, 5.41) is 36.9. The van der Waals surface area contributed by atoms with Crippen LogP contribution >= 0.6 is 0 Å².